The fourth-order valence-electron chi connectivity index (χ4n) is 0.656. The van der Waals surface area contributed by atoms with Crippen LogP contribution in [0.25, 0.3) is 0 Å². The third kappa shape index (κ3) is 2.28. The van der Waals surface area contributed by atoms with Crippen LogP contribution in [0.5, 0.6) is 0 Å². The largest absolute Gasteiger partial charge is 0.271 e. The van der Waals surface area contributed by atoms with Crippen molar-refractivity contribution in [1.29, 1.82) is 0 Å². The highest BCUT2D eigenvalue weighted by Gasteiger charge is 2.18. The summed E-state index contributed by atoms with van der Waals surface area (Å²) in [5, 5.41) is 1.86. The number of hydrogen-bond acceptors (Lipinski definition) is 2. The predicted molar refractivity (Wildman–Crippen MR) is 31.6 cm³/mol. The molecule has 1 saturated heterocycles. The van der Waals surface area contributed by atoms with Gasteiger partial charge in [-0.2, -0.15) is 5.06 Å². The van der Waals surface area contributed by atoms with E-state index in [1.54, 1.807) is 6.73 Å². The summed E-state index contributed by atoms with van der Waals surface area (Å²) in [4.78, 5) is 4.76. The zero-order chi connectivity index (χ0) is 5.82. The first-order valence-electron chi connectivity index (χ1n) is 3.20. The van der Waals surface area contributed by atoms with Crippen LogP contribution in [0.2, 0.25) is 0 Å². The van der Waals surface area contributed by atoms with Gasteiger partial charge in [-0.25, -0.2) is 0 Å². The fraction of sp³-hybridized carbons (Fsp3) is 0.833. The molecule has 2 heteroatoms. The Kier molecular flexibility index (Phi) is 2.30. The molecular formula is C6H12NO. The van der Waals surface area contributed by atoms with Crippen LogP contribution in [0, 0.1) is 6.73 Å². The average Bonchev–Trinajstić information content (AvgIpc) is 2.51. The predicted octanol–water partition coefficient (Wildman–Crippen LogP) is 1.54. The Balaban J connectivity index is 1.74. The van der Waals surface area contributed by atoms with Crippen molar-refractivity contribution in [2.75, 3.05) is 6.54 Å². The lowest BCUT2D eigenvalue weighted by atomic mass is 10.2. The summed E-state index contributed by atoms with van der Waals surface area (Å²) < 4.78 is 0. The number of rotatable bonds is 4. The number of hydroxylamine groups is 2. The minimum absolute atomic E-state index is 1.08. The van der Waals surface area contributed by atoms with Gasteiger partial charge in [0.1, 0.15) is 0 Å². The van der Waals surface area contributed by atoms with Crippen molar-refractivity contribution < 1.29 is 4.84 Å². The van der Waals surface area contributed by atoms with E-state index in [-0.39, 0.29) is 0 Å². The number of nitrogens with zero attached hydrogens (tertiary/aromatic N) is 1. The maximum absolute atomic E-state index is 4.76. The number of unbranched alkanes of at least 4 members (excludes halogenated alkanes) is 2. The van der Waals surface area contributed by atoms with Crippen LogP contribution in [0.15, 0.2) is 0 Å². The Morgan fingerprint density at radius 2 is 2.25 bits per heavy atom. The molecule has 1 atom stereocenters. The van der Waals surface area contributed by atoms with Crippen LogP contribution in [-0.2, 0) is 4.84 Å². The topological polar surface area (TPSA) is 15.5 Å². The Morgan fingerprint density at radius 3 is 2.75 bits per heavy atom. The standard InChI is InChI=1S/C6H12NO/c1-2-3-4-5-7-6-8-7/h6H,2-5H2,1H3. The zero-order valence-electron chi connectivity index (χ0n) is 5.26. The Hall–Kier alpha value is -0.0800. The van der Waals surface area contributed by atoms with Gasteiger partial charge < -0.3 is 0 Å². The van der Waals surface area contributed by atoms with Gasteiger partial charge in [0, 0.05) is 6.54 Å². The van der Waals surface area contributed by atoms with Gasteiger partial charge in [-0.05, 0) is 6.42 Å². The first-order chi connectivity index (χ1) is 3.93. The molecule has 1 aliphatic rings. The first-order valence-corrected chi connectivity index (χ1v) is 3.20. The van der Waals surface area contributed by atoms with Gasteiger partial charge in [0.2, 0.25) is 0 Å². The summed E-state index contributed by atoms with van der Waals surface area (Å²) >= 11 is 0. The van der Waals surface area contributed by atoms with Gasteiger partial charge in [0.15, 0.2) is 6.73 Å². The molecule has 0 spiro atoms. The van der Waals surface area contributed by atoms with E-state index in [1.165, 1.54) is 19.3 Å². The lowest BCUT2D eigenvalue weighted by Gasteiger charge is -1.92. The number of hydrogen-bond donors (Lipinski definition) is 0. The molecule has 2 nitrogen and oxygen atoms in total. The van der Waals surface area contributed by atoms with Crippen molar-refractivity contribution in [1.82, 2.24) is 5.06 Å². The minimum Gasteiger partial charge on any atom is -0.271 e. The van der Waals surface area contributed by atoms with Gasteiger partial charge in [-0.3, -0.25) is 4.84 Å². The third-order valence-electron chi connectivity index (χ3n) is 1.24. The van der Waals surface area contributed by atoms with E-state index in [0.29, 0.717) is 0 Å². The highest BCUT2D eigenvalue weighted by Crippen LogP contribution is 2.13. The SMILES string of the molecule is CCCCCN1[CH]O1. The quantitative estimate of drug-likeness (QED) is 0.407. The van der Waals surface area contributed by atoms with Crippen LogP contribution < -0.4 is 0 Å². The summed E-state index contributed by atoms with van der Waals surface area (Å²) in [5.41, 5.74) is 0. The van der Waals surface area contributed by atoms with Crippen LogP contribution in [0.3, 0.4) is 0 Å². The van der Waals surface area contributed by atoms with Crippen molar-refractivity contribution >= 4 is 0 Å². The molecule has 0 aliphatic carbocycles. The lowest BCUT2D eigenvalue weighted by Crippen LogP contribution is -1.95. The third-order valence-corrected chi connectivity index (χ3v) is 1.24. The molecule has 0 N–H and O–H groups in total. The fourth-order valence-corrected chi connectivity index (χ4v) is 0.656. The normalized spacial score (nSPS) is 25.9. The lowest BCUT2D eigenvalue weighted by molar-refractivity contribution is 0.199. The second-order valence-corrected chi connectivity index (χ2v) is 2.06. The highest BCUT2D eigenvalue weighted by atomic mass is 16.8. The summed E-state index contributed by atoms with van der Waals surface area (Å²) in [5.74, 6) is 0. The van der Waals surface area contributed by atoms with Crippen molar-refractivity contribution in [3.05, 3.63) is 6.73 Å². The van der Waals surface area contributed by atoms with Crippen molar-refractivity contribution in [3.63, 3.8) is 0 Å². The van der Waals surface area contributed by atoms with E-state index in [4.69, 9.17) is 4.84 Å². The second-order valence-electron chi connectivity index (χ2n) is 2.06. The zero-order valence-corrected chi connectivity index (χ0v) is 5.26. The average molecular weight is 114 g/mol. The van der Waals surface area contributed by atoms with E-state index in [1.807, 2.05) is 5.06 Å². The maximum atomic E-state index is 4.76. The van der Waals surface area contributed by atoms with Crippen LogP contribution >= 0.6 is 0 Å². The minimum atomic E-state index is 1.08. The molecule has 1 aliphatic heterocycles. The summed E-state index contributed by atoms with van der Waals surface area (Å²) in [6.45, 7) is 5.02. The molecule has 0 saturated carbocycles. The molecule has 0 aromatic heterocycles. The smallest absolute Gasteiger partial charge is 0.197 e. The molecule has 0 aromatic rings. The van der Waals surface area contributed by atoms with Crippen LogP contribution in [-0.4, -0.2) is 11.6 Å². The molecular weight excluding hydrogens is 102 g/mol. The monoisotopic (exact) mass is 114 g/mol. The van der Waals surface area contributed by atoms with E-state index in [9.17, 15) is 0 Å². The summed E-state index contributed by atoms with van der Waals surface area (Å²) in [6.07, 6.45) is 3.86. The Bertz CT molecular complexity index is 61.5. The molecule has 1 radical (unpaired) electrons. The molecule has 1 rings (SSSR count). The van der Waals surface area contributed by atoms with Crippen LogP contribution in [0.1, 0.15) is 26.2 Å². The Morgan fingerprint density at radius 1 is 1.50 bits per heavy atom. The van der Waals surface area contributed by atoms with Crippen LogP contribution in [0.4, 0.5) is 0 Å². The summed E-state index contributed by atoms with van der Waals surface area (Å²) in [7, 11) is 0. The molecule has 0 aromatic carbocycles. The van der Waals surface area contributed by atoms with Gasteiger partial charge in [-0.15, -0.1) is 0 Å². The Labute approximate surface area is 50.4 Å². The van der Waals surface area contributed by atoms with Gasteiger partial charge in [0.25, 0.3) is 0 Å². The van der Waals surface area contributed by atoms with E-state index >= 15 is 0 Å². The van der Waals surface area contributed by atoms with Gasteiger partial charge >= 0.3 is 0 Å². The van der Waals surface area contributed by atoms with Gasteiger partial charge in [-0.1, -0.05) is 19.8 Å². The van der Waals surface area contributed by atoms with Crippen molar-refractivity contribution in [2.45, 2.75) is 26.2 Å². The molecule has 0 amide bonds. The van der Waals surface area contributed by atoms with Gasteiger partial charge in [0.05, 0.1) is 0 Å². The molecule has 1 fully saturated rings. The molecule has 1 unspecified atom stereocenters. The molecule has 0 bridgehead atoms. The molecule has 47 valence electrons. The van der Waals surface area contributed by atoms with Crippen molar-refractivity contribution in [2.24, 2.45) is 0 Å². The highest BCUT2D eigenvalue weighted by molar-refractivity contribution is 4.59. The van der Waals surface area contributed by atoms with Crippen molar-refractivity contribution in [3.8, 4) is 0 Å². The maximum Gasteiger partial charge on any atom is 0.197 e. The first kappa shape index (κ1) is 6.05. The van der Waals surface area contributed by atoms with E-state index in [2.05, 4.69) is 6.92 Å². The second kappa shape index (κ2) is 3.05. The molecule has 8 heavy (non-hydrogen) atoms. The summed E-state index contributed by atoms with van der Waals surface area (Å²) in [6, 6.07) is 0. The van der Waals surface area contributed by atoms with E-state index < -0.39 is 0 Å². The van der Waals surface area contributed by atoms with E-state index in [0.717, 1.165) is 6.54 Å². The molecule has 1 heterocycles.